The summed E-state index contributed by atoms with van der Waals surface area (Å²) >= 11 is 0. The van der Waals surface area contributed by atoms with E-state index in [1.807, 2.05) is 6.92 Å². The molecule has 0 aliphatic carbocycles. The molecule has 6 heteroatoms. The van der Waals surface area contributed by atoms with E-state index < -0.39 is 17.4 Å². The molecule has 6 nitrogen and oxygen atoms in total. The minimum Gasteiger partial charge on any atom is -0.480 e. The molecule has 0 saturated carbocycles. The van der Waals surface area contributed by atoms with E-state index in [0.717, 1.165) is 0 Å². The number of nitrogens with one attached hydrogen (secondary N) is 1. The average molecular weight is 294 g/mol. The SMILES string of the molecule is CCCC(NC(=O)C(C)(C)Cn1ccccc1=O)C(=O)O. The third-order valence-corrected chi connectivity index (χ3v) is 3.26. The van der Waals surface area contributed by atoms with Crippen LogP contribution in [-0.2, 0) is 16.1 Å². The van der Waals surface area contributed by atoms with Crippen LogP contribution in [-0.4, -0.2) is 27.6 Å². The van der Waals surface area contributed by atoms with Crippen LogP contribution in [0.4, 0.5) is 0 Å². The van der Waals surface area contributed by atoms with Gasteiger partial charge in [0.15, 0.2) is 0 Å². The number of pyridine rings is 1. The van der Waals surface area contributed by atoms with Gasteiger partial charge >= 0.3 is 5.97 Å². The zero-order chi connectivity index (χ0) is 16.0. The Morgan fingerprint density at radius 2 is 2.05 bits per heavy atom. The van der Waals surface area contributed by atoms with Gasteiger partial charge in [0.2, 0.25) is 5.91 Å². The first-order chi connectivity index (χ1) is 9.77. The lowest BCUT2D eigenvalue weighted by atomic mass is 9.91. The number of aromatic nitrogens is 1. The quantitative estimate of drug-likeness (QED) is 0.792. The minimum absolute atomic E-state index is 0.191. The molecule has 0 aromatic carbocycles. The van der Waals surface area contributed by atoms with E-state index >= 15 is 0 Å². The van der Waals surface area contributed by atoms with Crippen molar-refractivity contribution in [1.82, 2.24) is 9.88 Å². The van der Waals surface area contributed by atoms with Gasteiger partial charge in [-0.15, -0.1) is 0 Å². The van der Waals surface area contributed by atoms with Crippen LogP contribution in [0.5, 0.6) is 0 Å². The van der Waals surface area contributed by atoms with Crippen LogP contribution in [0, 0.1) is 5.41 Å². The maximum Gasteiger partial charge on any atom is 0.326 e. The number of rotatable bonds is 7. The minimum atomic E-state index is -1.04. The summed E-state index contributed by atoms with van der Waals surface area (Å²) in [7, 11) is 0. The molecule has 0 aliphatic rings. The second-order valence-corrected chi connectivity index (χ2v) is 5.70. The lowest BCUT2D eigenvalue weighted by Crippen LogP contribution is -2.48. The van der Waals surface area contributed by atoms with Crippen molar-refractivity contribution in [2.24, 2.45) is 5.41 Å². The van der Waals surface area contributed by atoms with E-state index in [9.17, 15) is 14.4 Å². The topological polar surface area (TPSA) is 88.4 Å². The Hall–Kier alpha value is -2.11. The first-order valence-corrected chi connectivity index (χ1v) is 6.97. The van der Waals surface area contributed by atoms with Gasteiger partial charge in [-0.25, -0.2) is 4.79 Å². The first kappa shape index (κ1) is 16.9. The fourth-order valence-electron chi connectivity index (χ4n) is 1.99. The van der Waals surface area contributed by atoms with Gasteiger partial charge in [0.05, 0.1) is 5.41 Å². The highest BCUT2D eigenvalue weighted by Gasteiger charge is 2.31. The number of aliphatic carboxylic acids is 1. The Kier molecular flexibility index (Phi) is 5.69. The van der Waals surface area contributed by atoms with E-state index in [0.29, 0.717) is 12.8 Å². The Labute approximate surface area is 123 Å². The number of hydrogen-bond acceptors (Lipinski definition) is 3. The van der Waals surface area contributed by atoms with Gasteiger partial charge in [-0.05, 0) is 26.3 Å². The van der Waals surface area contributed by atoms with Gasteiger partial charge in [0.1, 0.15) is 6.04 Å². The van der Waals surface area contributed by atoms with Gasteiger partial charge < -0.3 is 15.0 Å². The van der Waals surface area contributed by atoms with Crippen molar-refractivity contribution in [3.63, 3.8) is 0 Å². The Morgan fingerprint density at radius 1 is 1.38 bits per heavy atom. The van der Waals surface area contributed by atoms with Crippen molar-refractivity contribution < 1.29 is 14.7 Å². The van der Waals surface area contributed by atoms with Crippen LogP contribution in [0.25, 0.3) is 0 Å². The van der Waals surface area contributed by atoms with Crippen LogP contribution in [0.3, 0.4) is 0 Å². The van der Waals surface area contributed by atoms with Crippen LogP contribution < -0.4 is 10.9 Å². The molecule has 1 aromatic heterocycles. The largest absolute Gasteiger partial charge is 0.480 e. The fourth-order valence-corrected chi connectivity index (χ4v) is 1.99. The highest BCUT2D eigenvalue weighted by molar-refractivity contribution is 5.86. The van der Waals surface area contributed by atoms with Crippen LogP contribution >= 0.6 is 0 Å². The van der Waals surface area contributed by atoms with Gasteiger partial charge in [-0.3, -0.25) is 9.59 Å². The van der Waals surface area contributed by atoms with Crippen molar-refractivity contribution in [1.29, 1.82) is 0 Å². The molecular formula is C15H22N2O4. The zero-order valence-electron chi connectivity index (χ0n) is 12.6. The van der Waals surface area contributed by atoms with E-state index in [-0.39, 0.29) is 18.0 Å². The highest BCUT2D eigenvalue weighted by atomic mass is 16.4. The molecule has 0 aliphatic heterocycles. The number of hydrogen-bond donors (Lipinski definition) is 2. The molecule has 0 spiro atoms. The number of carboxylic acid groups (broad SMARTS) is 1. The van der Waals surface area contributed by atoms with Crippen molar-refractivity contribution in [2.75, 3.05) is 0 Å². The summed E-state index contributed by atoms with van der Waals surface area (Å²) in [5.41, 5.74) is -1.08. The molecule has 1 atom stereocenters. The third kappa shape index (κ3) is 4.73. The molecular weight excluding hydrogens is 272 g/mol. The van der Waals surface area contributed by atoms with Gasteiger partial charge in [-0.1, -0.05) is 19.4 Å². The number of carbonyl (C=O) groups is 2. The van der Waals surface area contributed by atoms with E-state index in [4.69, 9.17) is 5.11 Å². The molecule has 1 amide bonds. The standard InChI is InChI=1S/C15H22N2O4/c1-4-7-11(13(19)20)16-14(21)15(2,3)10-17-9-6-5-8-12(17)18/h5-6,8-9,11H,4,7,10H2,1-3H3,(H,16,21)(H,19,20). The van der Waals surface area contributed by atoms with Crippen LogP contribution in [0.15, 0.2) is 29.2 Å². The van der Waals surface area contributed by atoms with Crippen molar-refractivity contribution in [3.05, 3.63) is 34.7 Å². The summed E-state index contributed by atoms with van der Waals surface area (Å²) in [5, 5.41) is 11.6. The molecule has 0 saturated heterocycles. The Bertz CT molecular complexity index is 563. The molecule has 21 heavy (non-hydrogen) atoms. The summed E-state index contributed by atoms with van der Waals surface area (Å²) in [4.78, 5) is 35.1. The van der Waals surface area contributed by atoms with Crippen LogP contribution in [0.2, 0.25) is 0 Å². The molecule has 0 bridgehead atoms. The van der Waals surface area contributed by atoms with Crippen molar-refractivity contribution in [2.45, 2.75) is 46.2 Å². The Balaban J connectivity index is 2.82. The fraction of sp³-hybridized carbons (Fsp3) is 0.533. The maximum absolute atomic E-state index is 12.3. The van der Waals surface area contributed by atoms with Crippen LogP contribution in [0.1, 0.15) is 33.6 Å². The predicted molar refractivity (Wildman–Crippen MR) is 79.0 cm³/mol. The molecule has 2 N–H and O–H groups in total. The lowest BCUT2D eigenvalue weighted by Gasteiger charge is -2.26. The van der Waals surface area contributed by atoms with Crippen molar-refractivity contribution >= 4 is 11.9 Å². The maximum atomic E-state index is 12.3. The molecule has 0 radical (unpaired) electrons. The lowest BCUT2D eigenvalue weighted by molar-refractivity contribution is -0.143. The average Bonchev–Trinajstić information content (AvgIpc) is 2.40. The number of carboxylic acids is 1. The molecule has 0 fully saturated rings. The van der Waals surface area contributed by atoms with E-state index in [2.05, 4.69) is 5.32 Å². The molecule has 1 heterocycles. The number of amides is 1. The monoisotopic (exact) mass is 294 g/mol. The highest BCUT2D eigenvalue weighted by Crippen LogP contribution is 2.18. The van der Waals surface area contributed by atoms with Gasteiger partial charge in [0.25, 0.3) is 5.56 Å². The number of carbonyl (C=O) groups excluding carboxylic acids is 1. The third-order valence-electron chi connectivity index (χ3n) is 3.26. The molecule has 116 valence electrons. The Morgan fingerprint density at radius 3 is 2.57 bits per heavy atom. The van der Waals surface area contributed by atoms with Gasteiger partial charge in [0, 0.05) is 18.8 Å². The van der Waals surface area contributed by atoms with E-state index in [1.165, 1.54) is 10.6 Å². The van der Waals surface area contributed by atoms with Gasteiger partial charge in [-0.2, -0.15) is 0 Å². The van der Waals surface area contributed by atoms with Crippen molar-refractivity contribution in [3.8, 4) is 0 Å². The summed E-state index contributed by atoms with van der Waals surface area (Å²) in [6.07, 6.45) is 2.65. The normalized spacial score (nSPS) is 12.7. The summed E-state index contributed by atoms with van der Waals surface area (Å²) in [6.45, 7) is 5.42. The molecule has 1 unspecified atom stereocenters. The summed E-state index contributed by atoms with van der Waals surface area (Å²) in [6, 6.07) is 3.87. The van der Waals surface area contributed by atoms with E-state index in [1.54, 1.807) is 32.2 Å². The summed E-state index contributed by atoms with van der Waals surface area (Å²) in [5.74, 6) is -1.42. The smallest absolute Gasteiger partial charge is 0.326 e. The summed E-state index contributed by atoms with van der Waals surface area (Å²) < 4.78 is 1.44. The predicted octanol–water partition coefficient (Wildman–Crippen LogP) is 1.24. The second-order valence-electron chi connectivity index (χ2n) is 5.70. The zero-order valence-corrected chi connectivity index (χ0v) is 12.6. The first-order valence-electron chi connectivity index (χ1n) is 6.97. The number of nitrogens with zero attached hydrogens (tertiary/aromatic N) is 1. The molecule has 1 aromatic rings. The second kappa shape index (κ2) is 7.06. The molecule has 1 rings (SSSR count).